The van der Waals surface area contributed by atoms with Crippen molar-refractivity contribution in [2.75, 3.05) is 38.5 Å². The van der Waals surface area contributed by atoms with Crippen molar-refractivity contribution in [2.24, 2.45) is 0 Å². The molecule has 2 rings (SSSR count). The van der Waals surface area contributed by atoms with Gasteiger partial charge in [0.15, 0.2) is 0 Å². The first-order valence-electron chi connectivity index (χ1n) is 6.47. The van der Waals surface area contributed by atoms with E-state index < -0.39 is 10.0 Å². The zero-order valence-electron chi connectivity index (χ0n) is 11.5. The van der Waals surface area contributed by atoms with E-state index in [1.165, 1.54) is 4.31 Å². The summed E-state index contributed by atoms with van der Waals surface area (Å²) in [6, 6.07) is 5.02. The number of hydrogen-bond donors (Lipinski definition) is 1. The molecule has 0 atom stereocenters. The molecule has 1 aliphatic heterocycles. The average Bonchev–Trinajstić information content (AvgIpc) is 2.39. The van der Waals surface area contributed by atoms with E-state index in [0.29, 0.717) is 38.4 Å². The van der Waals surface area contributed by atoms with Gasteiger partial charge in [0.25, 0.3) is 0 Å². The van der Waals surface area contributed by atoms with Crippen molar-refractivity contribution in [3.05, 3.63) is 23.8 Å². The third-order valence-corrected chi connectivity index (χ3v) is 5.40. The van der Waals surface area contributed by atoms with E-state index in [0.717, 1.165) is 5.56 Å². The molecule has 0 spiro atoms. The molecule has 0 saturated carbocycles. The number of terminal acetylenes is 1. The third-order valence-electron chi connectivity index (χ3n) is 3.43. The van der Waals surface area contributed by atoms with E-state index in [9.17, 15) is 8.42 Å². The van der Waals surface area contributed by atoms with Crippen LogP contribution in [0, 0.1) is 19.3 Å². The highest BCUT2D eigenvalue weighted by Gasteiger charge is 2.29. The van der Waals surface area contributed by atoms with Crippen LogP contribution in [-0.2, 0) is 10.0 Å². The molecule has 1 aromatic carbocycles. The van der Waals surface area contributed by atoms with Gasteiger partial charge in [-0.05, 0) is 24.6 Å². The minimum atomic E-state index is -3.52. The zero-order chi connectivity index (χ0) is 14.8. The highest BCUT2D eigenvalue weighted by Crippen LogP contribution is 2.24. The summed E-state index contributed by atoms with van der Waals surface area (Å²) in [6.45, 7) is 4.62. The number of benzene rings is 1. The molecular weight excluding hydrogens is 274 g/mol. The topological polar surface area (TPSA) is 66.6 Å². The predicted molar refractivity (Wildman–Crippen MR) is 79.6 cm³/mol. The van der Waals surface area contributed by atoms with Gasteiger partial charge >= 0.3 is 0 Å². The average molecular weight is 293 g/mol. The van der Waals surface area contributed by atoms with Gasteiger partial charge in [-0.25, -0.2) is 8.42 Å². The van der Waals surface area contributed by atoms with E-state index in [4.69, 9.17) is 12.2 Å². The van der Waals surface area contributed by atoms with Crippen molar-refractivity contribution in [3.63, 3.8) is 0 Å². The lowest BCUT2D eigenvalue weighted by Crippen LogP contribution is -2.48. The van der Waals surface area contributed by atoms with Crippen LogP contribution in [-0.4, -0.2) is 50.3 Å². The fourth-order valence-corrected chi connectivity index (χ4v) is 3.82. The van der Waals surface area contributed by atoms with Crippen LogP contribution < -0.4 is 5.73 Å². The van der Waals surface area contributed by atoms with Gasteiger partial charge in [0.1, 0.15) is 4.90 Å². The molecule has 108 valence electrons. The van der Waals surface area contributed by atoms with Crippen molar-refractivity contribution in [2.45, 2.75) is 11.8 Å². The Bertz CT molecular complexity index is 626. The van der Waals surface area contributed by atoms with Crippen LogP contribution in [0.1, 0.15) is 5.56 Å². The number of sulfonamides is 1. The summed E-state index contributed by atoms with van der Waals surface area (Å²) in [6.07, 6.45) is 5.26. The highest BCUT2D eigenvalue weighted by molar-refractivity contribution is 7.89. The number of anilines is 1. The fourth-order valence-electron chi connectivity index (χ4n) is 2.30. The molecule has 1 heterocycles. The second kappa shape index (κ2) is 5.83. The third kappa shape index (κ3) is 2.96. The number of piperazine rings is 1. The van der Waals surface area contributed by atoms with Gasteiger partial charge in [-0.3, -0.25) is 4.90 Å². The number of rotatable bonds is 3. The van der Waals surface area contributed by atoms with Crippen LogP contribution in [0.4, 0.5) is 5.69 Å². The smallest absolute Gasteiger partial charge is 0.245 e. The summed E-state index contributed by atoms with van der Waals surface area (Å²) in [4.78, 5) is 2.25. The van der Waals surface area contributed by atoms with Crippen LogP contribution >= 0.6 is 0 Å². The van der Waals surface area contributed by atoms with Gasteiger partial charge in [-0.1, -0.05) is 12.0 Å². The van der Waals surface area contributed by atoms with Gasteiger partial charge in [0, 0.05) is 26.2 Å². The molecule has 1 aliphatic rings. The molecule has 1 aromatic rings. The van der Waals surface area contributed by atoms with Crippen LogP contribution in [0.25, 0.3) is 0 Å². The highest BCUT2D eigenvalue weighted by atomic mass is 32.2. The summed E-state index contributed by atoms with van der Waals surface area (Å²) >= 11 is 0. The number of aryl methyl sites for hydroxylation is 1. The van der Waals surface area contributed by atoms with Crippen LogP contribution in [0.15, 0.2) is 23.1 Å². The molecule has 1 saturated heterocycles. The lowest BCUT2D eigenvalue weighted by molar-refractivity contribution is 0.207. The molecule has 6 heteroatoms. The molecule has 1 fully saturated rings. The van der Waals surface area contributed by atoms with Crippen LogP contribution in [0.2, 0.25) is 0 Å². The van der Waals surface area contributed by atoms with Gasteiger partial charge in [0.2, 0.25) is 10.0 Å². The summed E-state index contributed by atoms with van der Waals surface area (Å²) in [5.74, 6) is 2.58. The first-order valence-corrected chi connectivity index (χ1v) is 7.91. The second-order valence-corrected chi connectivity index (χ2v) is 6.83. The molecule has 20 heavy (non-hydrogen) atoms. The van der Waals surface area contributed by atoms with E-state index in [1.54, 1.807) is 18.2 Å². The molecule has 0 bridgehead atoms. The Balaban J connectivity index is 2.18. The maximum atomic E-state index is 12.6. The molecule has 0 unspecified atom stereocenters. The largest absolute Gasteiger partial charge is 0.398 e. The fraction of sp³-hybridized carbons (Fsp3) is 0.429. The Hall–Kier alpha value is -1.55. The monoisotopic (exact) mass is 293 g/mol. The number of nitrogens with two attached hydrogens (primary N) is 1. The lowest BCUT2D eigenvalue weighted by atomic mass is 10.2. The minimum Gasteiger partial charge on any atom is -0.398 e. The van der Waals surface area contributed by atoms with Crippen molar-refractivity contribution in [1.29, 1.82) is 0 Å². The van der Waals surface area contributed by atoms with Crippen molar-refractivity contribution in [1.82, 2.24) is 9.21 Å². The molecule has 5 nitrogen and oxygen atoms in total. The van der Waals surface area contributed by atoms with Crippen molar-refractivity contribution >= 4 is 15.7 Å². The van der Waals surface area contributed by atoms with Crippen molar-refractivity contribution in [3.8, 4) is 12.3 Å². The lowest BCUT2D eigenvalue weighted by Gasteiger charge is -2.33. The van der Waals surface area contributed by atoms with Crippen LogP contribution in [0.3, 0.4) is 0 Å². The predicted octanol–water partition coefficient (Wildman–Crippen LogP) is 0.517. The standard InChI is InChI=1S/C14H19N3O2S/c1-3-6-16-7-9-17(10-8-16)20(18,19)14-5-4-12(2)11-13(14)15/h1,4-5,11H,6-10,15H2,2H3. The van der Waals surface area contributed by atoms with E-state index in [-0.39, 0.29) is 4.90 Å². The Morgan fingerprint density at radius 2 is 1.95 bits per heavy atom. The van der Waals surface area contributed by atoms with E-state index in [1.807, 2.05) is 6.92 Å². The van der Waals surface area contributed by atoms with Crippen molar-refractivity contribution < 1.29 is 8.42 Å². The summed E-state index contributed by atoms with van der Waals surface area (Å²) in [5, 5.41) is 0. The Kier molecular flexibility index (Phi) is 4.33. The molecule has 2 N–H and O–H groups in total. The maximum Gasteiger partial charge on any atom is 0.245 e. The first-order chi connectivity index (χ1) is 9.45. The Labute approximate surface area is 120 Å². The maximum absolute atomic E-state index is 12.6. The minimum absolute atomic E-state index is 0.188. The van der Waals surface area contributed by atoms with Crippen LogP contribution in [0.5, 0.6) is 0 Å². The SMILES string of the molecule is C#CCN1CCN(S(=O)(=O)c2ccc(C)cc2N)CC1. The van der Waals surface area contributed by atoms with Gasteiger partial charge in [0.05, 0.1) is 12.2 Å². The first kappa shape index (κ1) is 14.9. The summed E-state index contributed by atoms with van der Waals surface area (Å²) in [7, 11) is -3.52. The van der Waals surface area contributed by atoms with E-state index in [2.05, 4.69) is 10.8 Å². The number of nitrogens with zero attached hydrogens (tertiary/aromatic N) is 2. The number of hydrogen-bond acceptors (Lipinski definition) is 4. The number of nitrogen functional groups attached to an aromatic ring is 1. The molecule has 0 radical (unpaired) electrons. The normalized spacial score (nSPS) is 17.8. The molecule has 0 aliphatic carbocycles. The van der Waals surface area contributed by atoms with Gasteiger partial charge in [-0.2, -0.15) is 4.31 Å². The summed E-state index contributed by atoms with van der Waals surface area (Å²) in [5.41, 5.74) is 7.09. The summed E-state index contributed by atoms with van der Waals surface area (Å²) < 4.78 is 26.6. The van der Waals surface area contributed by atoms with E-state index >= 15 is 0 Å². The Morgan fingerprint density at radius 3 is 2.50 bits per heavy atom. The molecular formula is C14H19N3O2S. The van der Waals surface area contributed by atoms with Gasteiger partial charge in [-0.15, -0.1) is 6.42 Å². The molecule has 0 amide bonds. The molecule has 0 aromatic heterocycles. The second-order valence-electron chi connectivity index (χ2n) is 4.93. The zero-order valence-corrected chi connectivity index (χ0v) is 12.4. The van der Waals surface area contributed by atoms with Gasteiger partial charge < -0.3 is 5.73 Å². The Morgan fingerprint density at radius 1 is 1.30 bits per heavy atom. The quantitative estimate of drug-likeness (QED) is 0.651.